The van der Waals surface area contributed by atoms with Crippen LogP contribution in [0.25, 0.3) is 0 Å². The lowest BCUT2D eigenvalue weighted by molar-refractivity contribution is 0.102. The molecule has 0 aromatic heterocycles. The Labute approximate surface area is 195 Å². The number of amides is 1. The molecule has 0 radical (unpaired) electrons. The number of nitrogens with zero attached hydrogens (tertiary/aromatic N) is 1. The summed E-state index contributed by atoms with van der Waals surface area (Å²) in [5, 5.41) is 2.83. The lowest BCUT2D eigenvalue weighted by Crippen LogP contribution is -2.27. The molecule has 0 atom stereocenters. The fourth-order valence-electron chi connectivity index (χ4n) is 3.26. The zero-order valence-corrected chi connectivity index (χ0v) is 20.0. The average Bonchev–Trinajstić information content (AvgIpc) is 2.80. The van der Waals surface area contributed by atoms with E-state index in [9.17, 15) is 13.2 Å². The first kappa shape index (κ1) is 24.3. The highest BCUT2D eigenvalue weighted by Gasteiger charge is 2.23. The first-order valence-electron chi connectivity index (χ1n) is 10.5. The summed E-state index contributed by atoms with van der Waals surface area (Å²) in [5.74, 6) is 0.834. The van der Waals surface area contributed by atoms with Crippen molar-refractivity contribution in [2.24, 2.45) is 0 Å². The van der Waals surface area contributed by atoms with Gasteiger partial charge in [-0.3, -0.25) is 4.79 Å². The Morgan fingerprint density at radius 1 is 1.03 bits per heavy atom. The number of hydrogen-bond donors (Lipinski definition) is 1. The van der Waals surface area contributed by atoms with Gasteiger partial charge in [0.1, 0.15) is 11.5 Å². The van der Waals surface area contributed by atoms with E-state index in [0.717, 1.165) is 5.56 Å². The smallest absolute Gasteiger partial charge is 0.255 e. The summed E-state index contributed by atoms with van der Waals surface area (Å²) in [4.78, 5) is 13.1. The molecule has 0 aliphatic carbocycles. The van der Waals surface area contributed by atoms with Crippen LogP contribution in [0.2, 0.25) is 0 Å². The van der Waals surface area contributed by atoms with Crippen molar-refractivity contribution < 1.29 is 22.7 Å². The van der Waals surface area contributed by atoms with Gasteiger partial charge in [-0.15, -0.1) is 0 Å². The lowest BCUT2D eigenvalue weighted by Gasteiger charge is -2.20. The van der Waals surface area contributed by atoms with E-state index in [1.165, 1.54) is 11.4 Å². The minimum atomic E-state index is -3.71. The number of ether oxygens (including phenoxy) is 2. The maximum absolute atomic E-state index is 13.0. The van der Waals surface area contributed by atoms with Crippen LogP contribution in [0.5, 0.6) is 11.5 Å². The predicted molar refractivity (Wildman–Crippen MR) is 128 cm³/mol. The van der Waals surface area contributed by atoms with Gasteiger partial charge in [0.05, 0.1) is 18.6 Å². The Balaban J connectivity index is 1.86. The van der Waals surface area contributed by atoms with Crippen LogP contribution in [0.3, 0.4) is 0 Å². The van der Waals surface area contributed by atoms with Crippen molar-refractivity contribution in [3.63, 3.8) is 0 Å². The van der Waals surface area contributed by atoms with Crippen molar-refractivity contribution in [3.05, 3.63) is 83.4 Å². The van der Waals surface area contributed by atoms with Crippen LogP contribution in [0.4, 0.5) is 5.69 Å². The number of carbonyl (C=O) groups excluding carboxylic acids is 1. The molecule has 0 aliphatic heterocycles. The van der Waals surface area contributed by atoms with E-state index in [2.05, 4.69) is 5.32 Å². The minimum Gasteiger partial charge on any atom is -0.497 e. The molecule has 0 aliphatic rings. The number of anilines is 1. The van der Waals surface area contributed by atoms with Crippen molar-refractivity contribution >= 4 is 21.6 Å². The summed E-state index contributed by atoms with van der Waals surface area (Å²) in [7, 11) is -0.647. The second-order valence-corrected chi connectivity index (χ2v) is 9.56. The SMILES string of the molecule is CCOc1ccc(C(=O)Nc2cccc(OC)c2)cc1CN(C)S(=O)(=O)c1ccc(C)cc1. The van der Waals surface area contributed by atoms with Gasteiger partial charge in [0.25, 0.3) is 5.91 Å². The van der Waals surface area contributed by atoms with Crippen molar-refractivity contribution in [3.8, 4) is 11.5 Å². The third kappa shape index (κ3) is 5.91. The van der Waals surface area contributed by atoms with E-state index in [-0.39, 0.29) is 17.3 Å². The molecule has 174 valence electrons. The van der Waals surface area contributed by atoms with E-state index in [0.29, 0.717) is 34.9 Å². The van der Waals surface area contributed by atoms with Gasteiger partial charge >= 0.3 is 0 Å². The fourth-order valence-corrected chi connectivity index (χ4v) is 4.41. The van der Waals surface area contributed by atoms with E-state index in [4.69, 9.17) is 9.47 Å². The monoisotopic (exact) mass is 468 g/mol. The van der Waals surface area contributed by atoms with Crippen molar-refractivity contribution in [2.45, 2.75) is 25.3 Å². The van der Waals surface area contributed by atoms with Crippen LogP contribution >= 0.6 is 0 Å². The quantitative estimate of drug-likeness (QED) is 0.501. The molecular formula is C25H28N2O5S. The summed E-state index contributed by atoms with van der Waals surface area (Å²) in [6.45, 7) is 4.21. The van der Waals surface area contributed by atoms with E-state index < -0.39 is 10.0 Å². The number of hydrogen-bond acceptors (Lipinski definition) is 5. The third-order valence-electron chi connectivity index (χ3n) is 5.07. The Morgan fingerprint density at radius 3 is 2.42 bits per heavy atom. The Bertz CT molecular complexity index is 1220. The highest BCUT2D eigenvalue weighted by molar-refractivity contribution is 7.89. The summed E-state index contributed by atoms with van der Waals surface area (Å²) < 4.78 is 38.2. The maximum Gasteiger partial charge on any atom is 0.255 e. The molecule has 1 N–H and O–H groups in total. The number of benzene rings is 3. The lowest BCUT2D eigenvalue weighted by atomic mass is 10.1. The van der Waals surface area contributed by atoms with Crippen LogP contribution in [0.15, 0.2) is 71.6 Å². The van der Waals surface area contributed by atoms with Gasteiger partial charge in [-0.2, -0.15) is 4.31 Å². The van der Waals surface area contributed by atoms with Gasteiger partial charge in [0, 0.05) is 36.5 Å². The number of methoxy groups -OCH3 is 1. The van der Waals surface area contributed by atoms with Crippen LogP contribution < -0.4 is 14.8 Å². The molecule has 0 fully saturated rings. The molecule has 1 amide bonds. The zero-order chi connectivity index (χ0) is 24.0. The standard InChI is InChI=1S/C25H28N2O5S/c1-5-32-24-14-11-19(25(28)26-21-7-6-8-22(16-21)31-4)15-20(24)17-27(3)33(29,30)23-12-9-18(2)10-13-23/h6-16H,5,17H2,1-4H3,(H,26,28). The number of aryl methyl sites for hydroxylation is 1. The van der Waals surface area contributed by atoms with Crippen LogP contribution in [0.1, 0.15) is 28.4 Å². The van der Waals surface area contributed by atoms with Crippen molar-refractivity contribution in [2.75, 3.05) is 26.1 Å². The Kier molecular flexibility index (Phi) is 7.73. The molecule has 3 aromatic rings. The third-order valence-corrected chi connectivity index (χ3v) is 6.89. The molecule has 8 heteroatoms. The number of carbonyl (C=O) groups is 1. The fraction of sp³-hybridized carbons (Fsp3) is 0.240. The molecule has 0 saturated heterocycles. The number of nitrogens with one attached hydrogen (secondary N) is 1. The predicted octanol–water partition coefficient (Wildman–Crippen LogP) is 4.48. The number of sulfonamides is 1. The van der Waals surface area contributed by atoms with Gasteiger partial charge in [-0.1, -0.05) is 23.8 Å². The maximum atomic E-state index is 13.0. The molecule has 3 aromatic carbocycles. The largest absolute Gasteiger partial charge is 0.497 e. The van der Waals surface area contributed by atoms with Crippen LogP contribution in [0, 0.1) is 6.92 Å². The molecule has 0 unspecified atom stereocenters. The summed E-state index contributed by atoms with van der Waals surface area (Å²) in [6.07, 6.45) is 0. The average molecular weight is 469 g/mol. The second kappa shape index (κ2) is 10.5. The van der Waals surface area contributed by atoms with Crippen LogP contribution in [-0.4, -0.2) is 39.4 Å². The molecular weight excluding hydrogens is 440 g/mol. The normalized spacial score (nSPS) is 11.3. The Hall–Kier alpha value is -3.36. The van der Waals surface area contributed by atoms with Crippen molar-refractivity contribution in [1.82, 2.24) is 4.31 Å². The zero-order valence-electron chi connectivity index (χ0n) is 19.2. The van der Waals surface area contributed by atoms with Gasteiger partial charge in [0.15, 0.2) is 0 Å². The minimum absolute atomic E-state index is 0.0474. The van der Waals surface area contributed by atoms with Gasteiger partial charge in [-0.25, -0.2) is 8.42 Å². The van der Waals surface area contributed by atoms with Gasteiger partial charge < -0.3 is 14.8 Å². The van der Waals surface area contributed by atoms with E-state index in [1.54, 1.807) is 73.8 Å². The van der Waals surface area contributed by atoms with E-state index in [1.807, 2.05) is 13.8 Å². The molecule has 0 saturated carbocycles. The first-order valence-corrected chi connectivity index (χ1v) is 11.9. The van der Waals surface area contributed by atoms with E-state index >= 15 is 0 Å². The molecule has 0 spiro atoms. The first-order chi connectivity index (χ1) is 15.7. The van der Waals surface area contributed by atoms with Gasteiger partial charge in [0.2, 0.25) is 10.0 Å². The summed E-state index contributed by atoms with van der Waals surface area (Å²) >= 11 is 0. The molecule has 0 bridgehead atoms. The molecule has 3 rings (SSSR count). The van der Waals surface area contributed by atoms with Gasteiger partial charge in [-0.05, 0) is 56.3 Å². The molecule has 0 heterocycles. The summed E-state index contributed by atoms with van der Waals surface area (Å²) in [6, 6.07) is 18.7. The highest BCUT2D eigenvalue weighted by atomic mass is 32.2. The van der Waals surface area contributed by atoms with Crippen molar-refractivity contribution in [1.29, 1.82) is 0 Å². The molecule has 7 nitrogen and oxygen atoms in total. The number of rotatable bonds is 9. The second-order valence-electron chi connectivity index (χ2n) is 7.52. The summed E-state index contributed by atoms with van der Waals surface area (Å²) in [5.41, 5.74) is 2.55. The molecule has 33 heavy (non-hydrogen) atoms. The van der Waals surface area contributed by atoms with Crippen LogP contribution in [-0.2, 0) is 16.6 Å². The Morgan fingerprint density at radius 2 is 1.76 bits per heavy atom. The highest BCUT2D eigenvalue weighted by Crippen LogP contribution is 2.26. The topological polar surface area (TPSA) is 84.9 Å².